The largest absolute Gasteiger partial charge is 0.480 e. The molecule has 19 heavy (non-hydrogen) atoms. The lowest BCUT2D eigenvalue weighted by Crippen LogP contribution is -2.52. The molecule has 1 saturated carbocycles. The van der Waals surface area contributed by atoms with Crippen molar-refractivity contribution in [3.8, 4) is 0 Å². The fraction of sp³-hybridized carbons (Fsp3) is 0.929. The van der Waals surface area contributed by atoms with E-state index in [-0.39, 0.29) is 0 Å². The van der Waals surface area contributed by atoms with Crippen molar-refractivity contribution < 1.29 is 14.6 Å². The van der Waals surface area contributed by atoms with Crippen LogP contribution in [0.25, 0.3) is 0 Å². The highest BCUT2D eigenvalue weighted by atomic mass is 16.5. The predicted molar refractivity (Wildman–Crippen MR) is 73.3 cm³/mol. The predicted octanol–water partition coefficient (Wildman–Crippen LogP) is 1.08. The van der Waals surface area contributed by atoms with Gasteiger partial charge in [-0.15, -0.1) is 0 Å². The van der Waals surface area contributed by atoms with Crippen LogP contribution in [-0.4, -0.2) is 60.4 Å². The van der Waals surface area contributed by atoms with Crippen LogP contribution in [0.3, 0.4) is 0 Å². The van der Waals surface area contributed by atoms with Crippen LogP contribution in [-0.2, 0) is 9.53 Å². The molecule has 1 aliphatic carbocycles. The summed E-state index contributed by atoms with van der Waals surface area (Å²) >= 11 is 0. The normalized spacial score (nSPS) is 24.4. The first-order valence-corrected chi connectivity index (χ1v) is 7.30. The van der Waals surface area contributed by atoms with E-state index in [0.29, 0.717) is 18.5 Å². The van der Waals surface area contributed by atoms with Gasteiger partial charge in [-0.1, -0.05) is 0 Å². The fourth-order valence-electron chi connectivity index (χ4n) is 2.63. The molecule has 0 aromatic carbocycles. The molecular weight excluding hydrogens is 244 g/mol. The van der Waals surface area contributed by atoms with Crippen LogP contribution in [0, 0.1) is 0 Å². The summed E-state index contributed by atoms with van der Waals surface area (Å²) in [4.78, 5) is 13.8. The molecule has 1 unspecified atom stereocenters. The van der Waals surface area contributed by atoms with Gasteiger partial charge in [-0.2, -0.15) is 0 Å². The van der Waals surface area contributed by atoms with Crippen molar-refractivity contribution in [1.82, 2.24) is 10.2 Å². The van der Waals surface area contributed by atoms with Gasteiger partial charge < -0.3 is 14.7 Å². The zero-order chi connectivity index (χ0) is 13.9. The number of carboxylic acid groups (broad SMARTS) is 1. The van der Waals surface area contributed by atoms with Crippen LogP contribution in [0.4, 0.5) is 0 Å². The Balaban J connectivity index is 1.81. The van der Waals surface area contributed by atoms with Gasteiger partial charge in [0.05, 0.1) is 0 Å². The number of rotatable bonds is 7. The molecule has 2 fully saturated rings. The number of nitrogens with zero attached hydrogens (tertiary/aromatic N) is 1. The highest BCUT2D eigenvalue weighted by molar-refractivity contribution is 5.78. The first kappa shape index (κ1) is 14.8. The lowest BCUT2D eigenvalue weighted by molar-refractivity contribution is -0.144. The first-order valence-electron chi connectivity index (χ1n) is 7.30. The van der Waals surface area contributed by atoms with E-state index in [1.807, 2.05) is 6.92 Å². The maximum Gasteiger partial charge on any atom is 0.323 e. The molecular formula is C14H26N2O3. The van der Waals surface area contributed by atoms with Crippen LogP contribution >= 0.6 is 0 Å². The summed E-state index contributed by atoms with van der Waals surface area (Å²) in [7, 11) is 2.09. The third-order valence-electron chi connectivity index (χ3n) is 4.35. The van der Waals surface area contributed by atoms with Crippen molar-refractivity contribution in [3.63, 3.8) is 0 Å². The maximum absolute atomic E-state index is 11.5. The molecule has 0 aromatic heterocycles. The molecule has 0 bridgehead atoms. The minimum absolute atomic E-state index is 0.412. The van der Waals surface area contributed by atoms with Crippen molar-refractivity contribution in [2.75, 3.05) is 26.8 Å². The van der Waals surface area contributed by atoms with E-state index in [2.05, 4.69) is 17.3 Å². The smallest absolute Gasteiger partial charge is 0.323 e. The standard InChI is InChI=1S/C14H26N2O3/c1-14(13(17)18,15-11-3-4-11)7-8-16(2)12-5-9-19-10-6-12/h11-12,15H,3-10H2,1-2H3,(H,17,18). The average molecular weight is 270 g/mol. The van der Waals surface area contributed by atoms with E-state index in [0.717, 1.165) is 45.4 Å². The quantitative estimate of drug-likeness (QED) is 0.725. The summed E-state index contributed by atoms with van der Waals surface area (Å²) in [5.74, 6) is -0.736. The van der Waals surface area contributed by atoms with E-state index >= 15 is 0 Å². The molecule has 2 aliphatic rings. The van der Waals surface area contributed by atoms with Gasteiger partial charge >= 0.3 is 5.97 Å². The lowest BCUT2D eigenvalue weighted by atomic mass is 9.96. The first-order chi connectivity index (χ1) is 9.01. The number of aliphatic carboxylic acids is 1. The Bertz CT molecular complexity index is 314. The molecule has 0 spiro atoms. The fourth-order valence-corrected chi connectivity index (χ4v) is 2.63. The molecule has 0 amide bonds. The lowest BCUT2D eigenvalue weighted by Gasteiger charge is -2.34. The van der Waals surface area contributed by atoms with Crippen LogP contribution < -0.4 is 5.32 Å². The SMILES string of the molecule is CN(CCC(C)(NC1CC1)C(=O)O)C1CCOCC1. The molecule has 5 heteroatoms. The summed E-state index contributed by atoms with van der Waals surface area (Å²) < 4.78 is 5.36. The van der Waals surface area contributed by atoms with Gasteiger partial charge in [-0.25, -0.2) is 0 Å². The molecule has 2 rings (SSSR count). The Morgan fingerprint density at radius 3 is 2.53 bits per heavy atom. The Kier molecular flexibility index (Phi) is 4.81. The third-order valence-corrected chi connectivity index (χ3v) is 4.35. The van der Waals surface area contributed by atoms with Crippen molar-refractivity contribution in [2.45, 2.75) is 56.7 Å². The van der Waals surface area contributed by atoms with E-state index < -0.39 is 11.5 Å². The molecule has 5 nitrogen and oxygen atoms in total. The number of nitrogens with one attached hydrogen (secondary N) is 1. The molecule has 0 radical (unpaired) electrons. The van der Waals surface area contributed by atoms with Gasteiger partial charge in [0.25, 0.3) is 0 Å². The van der Waals surface area contributed by atoms with Gasteiger partial charge in [0, 0.05) is 31.8 Å². The zero-order valence-electron chi connectivity index (χ0n) is 12.0. The highest BCUT2D eigenvalue weighted by Crippen LogP contribution is 2.25. The molecule has 1 heterocycles. The highest BCUT2D eigenvalue weighted by Gasteiger charge is 2.38. The topological polar surface area (TPSA) is 61.8 Å². The Labute approximate surface area is 115 Å². The number of ether oxygens (including phenoxy) is 1. The summed E-state index contributed by atoms with van der Waals surface area (Å²) in [5.41, 5.74) is -0.791. The van der Waals surface area contributed by atoms with Gasteiger partial charge in [-0.3, -0.25) is 10.1 Å². The second-order valence-electron chi connectivity index (χ2n) is 6.13. The van der Waals surface area contributed by atoms with Crippen LogP contribution in [0.2, 0.25) is 0 Å². The summed E-state index contributed by atoms with van der Waals surface area (Å²) in [6.45, 7) is 4.27. The molecule has 2 N–H and O–H groups in total. The molecule has 0 aromatic rings. The van der Waals surface area contributed by atoms with E-state index in [9.17, 15) is 9.90 Å². The Morgan fingerprint density at radius 1 is 1.37 bits per heavy atom. The summed E-state index contributed by atoms with van der Waals surface area (Å²) in [6, 6.07) is 0.946. The van der Waals surface area contributed by atoms with Gasteiger partial charge in [0.15, 0.2) is 0 Å². The van der Waals surface area contributed by atoms with Crippen LogP contribution in [0.15, 0.2) is 0 Å². The second-order valence-corrected chi connectivity index (χ2v) is 6.13. The number of hydrogen-bond acceptors (Lipinski definition) is 4. The van der Waals surface area contributed by atoms with Crippen molar-refractivity contribution in [2.24, 2.45) is 0 Å². The summed E-state index contributed by atoms with van der Waals surface area (Å²) in [6.07, 6.45) is 4.97. The Hall–Kier alpha value is -0.650. The van der Waals surface area contributed by atoms with E-state index in [4.69, 9.17) is 4.74 Å². The zero-order valence-corrected chi connectivity index (χ0v) is 12.0. The van der Waals surface area contributed by atoms with Crippen molar-refractivity contribution >= 4 is 5.97 Å². The Morgan fingerprint density at radius 2 is 2.00 bits per heavy atom. The van der Waals surface area contributed by atoms with Gasteiger partial charge in [0.2, 0.25) is 0 Å². The average Bonchev–Trinajstić information content (AvgIpc) is 3.20. The molecule has 1 saturated heterocycles. The molecule has 1 atom stereocenters. The molecule has 1 aliphatic heterocycles. The third kappa shape index (κ3) is 4.16. The minimum Gasteiger partial charge on any atom is -0.480 e. The van der Waals surface area contributed by atoms with Gasteiger partial charge in [0.1, 0.15) is 5.54 Å². The minimum atomic E-state index is -0.791. The maximum atomic E-state index is 11.5. The summed E-state index contributed by atoms with van der Waals surface area (Å²) in [5, 5.41) is 12.7. The van der Waals surface area contributed by atoms with E-state index in [1.54, 1.807) is 0 Å². The van der Waals surface area contributed by atoms with Gasteiger partial charge in [-0.05, 0) is 46.1 Å². The second kappa shape index (κ2) is 6.20. The van der Waals surface area contributed by atoms with Crippen molar-refractivity contribution in [1.29, 1.82) is 0 Å². The van der Waals surface area contributed by atoms with Crippen LogP contribution in [0.5, 0.6) is 0 Å². The number of hydrogen-bond donors (Lipinski definition) is 2. The van der Waals surface area contributed by atoms with Crippen molar-refractivity contribution in [3.05, 3.63) is 0 Å². The van der Waals surface area contributed by atoms with Crippen LogP contribution in [0.1, 0.15) is 39.0 Å². The van der Waals surface area contributed by atoms with E-state index in [1.165, 1.54) is 0 Å². The number of carbonyl (C=O) groups is 1. The number of carboxylic acids is 1. The monoisotopic (exact) mass is 270 g/mol. The molecule has 110 valence electrons.